The van der Waals surface area contributed by atoms with Gasteiger partial charge in [-0.05, 0) is 24.5 Å². The van der Waals surface area contributed by atoms with Crippen LogP contribution in [0.25, 0.3) is 0 Å². The number of hydrogen-bond donors (Lipinski definition) is 1. The van der Waals surface area contributed by atoms with Crippen LogP contribution in [-0.4, -0.2) is 69.1 Å². The molecule has 2 aliphatic rings. The Morgan fingerprint density at radius 2 is 2.11 bits per heavy atom. The highest BCUT2D eigenvalue weighted by atomic mass is 35.5. The van der Waals surface area contributed by atoms with Crippen molar-refractivity contribution < 1.29 is 17.9 Å². The Labute approximate surface area is 172 Å². The van der Waals surface area contributed by atoms with E-state index in [1.165, 1.54) is 4.31 Å². The highest BCUT2D eigenvalue weighted by Crippen LogP contribution is 2.28. The summed E-state index contributed by atoms with van der Waals surface area (Å²) < 4.78 is 33.1. The van der Waals surface area contributed by atoms with Gasteiger partial charge in [0.25, 0.3) is 0 Å². The first-order chi connectivity index (χ1) is 13.4. The lowest BCUT2D eigenvalue weighted by atomic mass is 9.93. The highest BCUT2D eigenvalue weighted by Gasteiger charge is 2.40. The third-order valence-corrected chi connectivity index (χ3v) is 7.50. The number of sulfonamides is 1. The zero-order valence-corrected chi connectivity index (χ0v) is 17.7. The van der Waals surface area contributed by atoms with Crippen molar-refractivity contribution in [2.24, 2.45) is 5.92 Å². The zero-order valence-electron chi connectivity index (χ0n) is 16.1. The number of piperidine rings is 1. The minimum absolute atomic E-state index is 0.00822. The van der Waals surface area contributed by atoms with Gasteiger partial charge in [0.05, 0.1) is 19.0 Å². The largest absolute Gasteiger partial charge is 0.379 e. The maximum Gasteiger partial charge on any atom is 0.317 e. The minimum atomic E-state index is -3.50. The van der Waals surface area contributed by atoms with Crippen LogP contribution in [0.3, 0.4) is 0 Å². The lowest BCUT2D eigenvalue weighted by Crippen LogP contribution is -2.56. The topological polar surface area (TPSA) is 79.0 Å². The van der Waals surface area contributed by atoms with Crippen LogP contribution in [0.15, 0.2) is 24.3 Å². The van der Waals surface area contributed by atoms with Crippen LogP contribution in [0.2, 0.25) is 5.02 Å². The molecule has 0 radical (unpaired) electrons. The number of benzene rings is 1. The molecular weight excluding hydrogens is 402 g/mol. The quantitative estimate of drug-likeness (QED) is 0.779. The molecule has 28 heavy (non-hydrogen) atoms. The van der Waals surface area contributed by atoms with Crippen LogP contribution >= 0.6 is 11.6 Å². The van der Waals surface area contributed by atoms with Crippen molar-refractivity contribution in [2.75, 3.05) is 39.4 Å². The van der Waals surface area contributed by atoms with Crippen molar-refractivity contribution in [1.29, 1.82) is 0 Å². The number of urea groups is 1. The number of ether oxygens (including phenoxy) is 1. The van der Waals surface area contributed by atoms with Crippen molar-refractivity contribution in [3.8, 4) is 0 Å². The van der Waals surface area contributed by atoms with Crippen molar-refractivity contribution in [3.05, 3.63) is 34.9 Å². The highest BCUT2D eigenvalue weighted by molar-refractivity contribution is 7.88. The van der Waals surface area contributed by atoms with Crippen molar-refractivity contribution >= 4 is 27.7 Å². The molecule has 2 saturated heterocycles. The minimum Gasteiger partial charge on any atom is -0.379 e. The van der Waals surface area contributed by atoms with Crippen LogP contribution < -0.4 is 5.32 Å². The molecule has 2 heterocycles. The second kappa shape index (κ2) is 9.43. The number of carbonyl (C=O) groups excluding carboxylic acids is 1. The van der Waals surface area contributed by atoms with Gasteiger partial charge >= 0.3 is 6.03 Å². The van der Waals surface area contributed by atoms with Gasteiger partial charge in [-0.1, -0.05) is 36.7 Å². The van der Waals surface area contributed by atoms with Gasteiger partial charge in [0.15, 0.2) is 0 Å². The first-order valence-corrected chi connectivity index (χ1v) is 11.7. The van der Waals surface area contributed by atoms with Crippen molar-refractivity contribution in [3.63, 3.8) is 0 Å². The normalized spacial score (nSPS) is 23.7. The predicted molar refractivity (Wildman–Crippen MR) is 109 cm³/mol. The van der Waals surface area contributed by atoms with Gasteiger partial charge in [-0.3, -0.25) is 0 Å². The monoisotopic (exact) mass is 429 g/mol. The Kier molecular flexibility index (Phi) is 7.20. The number of amides is 2. The number of rotatable bonds is 5. The van der Waals surface area contributed by atoms with E-state index in [9.17, 15) is 13.2 Å². The molecule has 2 amide bonds. The number of nitrogens with one attached hydrogen (secondary N) is 1. The molecule has 2 atom stereocenters. The molecule has 1 aromatic rings. The van der Waals surface area contributed by atoms with Crippen LogP contribution in [0.4, 0.5) is 4.79 Å². The van der Waals surface area contributed by atoms with E-state index >= 15 is 0 Å². The van der Waals surface area contributed by atoms with Gasteiger partial charge in [0.2, 0.25) is 10.0 Å². The summed E-state index contributed by atoms with van der Waals surface area (Å²) in [5.74, 6) is -0.157. The first kappa shape index (κ1) is 21.4. The first-order valence-electron chi connectivity index (χ1n) is 9.76. The van der Waals surface area contributed by atoms with E-state index in [4.69, 9.17) is 16.3 Å². The molecule has 1 aromatic carbocycles. The predicted octanol–water partition coefficient (Wildman–Crippen LogP) is 2.31. The van der Waals surface area contributed by atoms with E-state index in [0.717, 1.165) is 6.42 Å². The maximum absolute atomic E-state index is 13.0. The fourth-order valence-electron chi connectivity index (χ4n) is 3.87. The van der Waals surface area contributed by atoms with Crippen LogP contribution in [0.1, 0.15) is 25.3 Å². The summed E-state index contributed by atoms with van der Waals surface area (Å²) in [5, 5.41) is 3.38. The zero-order chi connectivity index (χ0) is 20.1. The van der Waals surface area contributed by atoms with E-state index in [2.05, 4.69) is 5.32 Å². The molecule has 0 unspecified atom stereocenters. The molecule has 7 nitrogen and oxygen atoms in total. The summed E-state index contributed by atoms with van der Waals surface area (Å²) in [7, 11) is -3.50. The van der Waals surface area contributed by atoms with Crippen molar-refractivity contribution in [2.45, 2.75) is 31.6 Å². The van der Waals surface area contributed by atoms with Gasteiger partial charge in [0.1, 0.15) is 0 Å². The molecule has 9 heteroatoms. The summed E-state index contributed by atoms with van der Waals surface area (Å²) in [6.45, 7) is 4.85. The Morgan fingerprint density at radius 3 is 2.86 bits per heavy atom. The number of fused-ring (bicyclic) bond motifs is 1. The van der Waals surface area contributed by atoms with E-state index in [1.54, 1.807) is 24.3 Å². The molecule has 2 fully saturated rings. The number of hydrogen-bond acceptors (Lipinski definition) is 4. The molecule has 0 saturated carbocycles. The van der Waals surface area contributed by atoms with Gasteiger partial charge in [-0.15, -0.1) is 0 Å². The smallest absolute Gasteiger partial charge is 0.317 e. The molecule has 3 rings (SSSR count). The molecule has 0 bridgehead atoms. The third-order valence-electron chi connectivity index (χ3n) is 5.34. The Balaban J connectivity index is 1.70. The fourth-order valence-corrected chi connectivity index (χ4v) is 5.78. The van der Waals surface area contributed by atoms with Gasteiger partial charge in [0, 0.05) is 43.2 Å². The average molecular weight is 430 g/mol. The van der Waals surface area contributed by atoms with E-state index in [0.29, 0.717) is 56.4 Å². The average Bonchev–Trinajstić information content (AvgIpc) is 2.89. The van der Waals surface area contributed by atoms with E-state index < -0.39 is 10.0 Å². The molecule has 0 aromatic heterocycles. The molecule has 0 aliphatic carbocycles. The van der Waals surface area contributed by atoms with Gasteiger partial charge < -0.3 is 15.0 Å². The third kappa shape index (κ3) is 4.97. The Hall–Kier alpha value is -1.35. The number of carbonyl (C=O) groups is 1. The second-order valence-electron chi connectivity index (χ2n) is 7.32. The SMILES string of the molecule is CCCNC(=O)N1CCOC[C@H]2CN(S(=O)(=O)Cc3ccccc3Cl)CC[C@H]21. The van der Waals surface area contributed by atoms with Gasteiger partial charge in [-0.2, -0.15) is 0 Å². The number of halogens is 1. The van der Waals surface area contributed by atoms with Crippen LogP contribution in [-0.2, 0) is 20.5 Å². The second-order valence-corrected chi connectivity index (χ2v) is 9.70. The fraction of sp³-hybridized carbons (Fsp3) is 0.632. The Morgan fingerprint density at radius 1 is 1.32 bits per heavy atom. The molecule has 2 aliphatic heterocycles. The summed E-state index contributed by atoms with van der Waals surface area (Å²) in [4.78, 5) is 14.4. The molecule has 156 valence electrons. The number of nitrogens with zero attached hydrogens (tertiary/aromatic N) is 2. The van der Waals surface area contributed by atoms with Crippen molar-refractivity contribution in [1.82, 2.24) is 14.5 Å². The molecule has 0 spiro atoms. The van der Waals surface area contributed by atoms with Crippen LogP contribution in [0, 0.1) is 5.92 Å². The van der Waals surface area contributed by atoms with E-state index in [-0.39, 0.29) is 23.7 Å². The maximum atomic E-state index is 13.0. The summed E-state index contributed by atoms with van der Waals surface area (Å²) in [6.07, 6.45) is 1.48. The molecular formula is C19H28ClN3O4S. The summed E-state index contributed by atoms with van der Waals surface area (Å²) in [6, 6.07) is 6.91. The summed E-state index contributed by atoms with van der Waals surface area (Å²) in [5.41, 5.74) is 0.601. The Bertz CT molecular complexity index is 789. The summed E-state index contributed by atoms with van der Waals surface area (Å²) >= 11 is 6.14. The lowest BCUT2D eigenvalue weighted by Gasteiger charge is -2.41. The molecule has 1 N–H and O–H groups in total. The van der Waals surface area contributed by atoms with Gasteiger partial charge in [-0.25, -0.2) is 17.5 Å². The lowest BCUT2D eigenvalue weighted by molar-refractivity contribution is 0.0847. The van der Waals surface area contributed by atoms with Crippen LogP contribution in [0.5, 0.6) is 0 Å². The standard InChI is InChI=1S/C19H28ClN3O4S/c1-2-8-21-19(24)23-10-11-27-13-16-12-22(9-7-18(16)23)28(25,26)14-15-5-3-4-6-17(15)20/h3-6,16,18H,2,7-14H2,1H3,(H,21,24)/t16-,18-/m1/s1. The van der Waals surface area contributed by atoms with E-state index in [1.807, 2.05) is 11.8 Å².